The Hall–Kier alpha value is -1.55. The number of nitrogens with one attached hydrogen (secondary N) is 1. The molecule has 0 aromatic heterocycles. The van der Waals surface area contributed by atoms with Crippen molar-refractivity contribution in [1.29, 1.82) is 0 Å². The summed E-state index contributed by atoms with van der Waals surface area (Å²) in [4.78, 5) is 25.6. The van der Waals surface area contributed by atoms with Crippen LogP contribution in [0.1, 0.15) is 37.3 Å². The van der Waals surface area contributed by atoms with E-state index in [1.54, 1.807) is 4.90 Å². The molecule has 0 radical (unpaired) electrons. The van der Waals surface area contributed by atoms with Crippen LogP contribution < -0.4 is 5.32 Å². The maximum Gasteiger partial charge on any atom is 0.243 e. The summed E-state index contributed by atoms with van der Waals surface area (Å²) in [5.74, 6) is -0.113. The lowest BCUT2D eigenvalue weighted by molar-refractivity contribution is -0.140. The van der Waals surface area contributed by atoms with Crippen LogP contribution in [0.4, 0.5) is 0 Å². The number of amides is 2. The molecule has 1 heterocycles. The van der Waals surface area contributed by atoms with E-state index in [0.717, 1.165) is 30.4 Å². The third-order valence-corrected chi connectivity index (χ3v) is 4.21. The maximum atomic E-state index is 12.3. The van der Waals surface area contributed by atoms with Crippen molar-refractivity contribution in [2.24, 2.45) is 0 Å². The van der Waals surface area contributed by atoms with Gasteiger partial charge in [0.05, 0.1) is 0 Å². The molecule has 1 atom stereocenters. The number of carbonyl (C=O) groups is 2. The Morgan fingerprint density at radius 1 is 1.38 bits per heavy atom. The fraction of sp³-hybridized carbons (Fsp3) is 0.500. The minimum Gasteiger partial charge on any atom is -0.350 e. The first-order chi connectivity index (χ1) is 9.99. The molecule has 21 heavy (non-hydrogen) atoms. The molecular weight excluding hydrogens is 288 g/mol. The molecule has 2 rings (SSSR count). The number of carbonyl (C=O) groups excluding carboxylic acids is 2. The molecule has 1 unspecified atom stereocenters. The fourth-order valence-electron chi connectivity index (χ4n) is 2.71. The van der Waals surface area contributed by atoms with E-state index in [1.165, 1.54) is 6.92 Å². The molecule has 1 aliphatic rings. The molecule has 1 aromatic rings. The number of aryl methyl sites for hydroxylation is 1. The molecular formula is C16H21ClN2O2. The van der Waals surface area contributed by atoms with E-state index in [2.05, 4.69) is 5.32 Å². The van der Waals surface area contributed by atoms with Crippen LogP contribution in [0.25, 0.3) is 0 Å². The minimum atomic E-state index is -0.337. The summed E-state index contributed by atoms with van der Waals surface area (Å²) in [5, 5.41) is 3.59. The van der Waals surface area contributed by atoms with Crippen molar-refractivity contribution in [3.05, 3.63) is 34.3 Å². The second kappa shape index (κ2) is 6.94. The highest BCUT2D eigenvalue weighted by Crippen LogP contribution is 2.18. The Balaban J connectivity index is 2.00. The van der Waals surface area contributed by atoms with Gasteiger partial charge in [-0.3, -0.25) is 9.59 Å². The number of nitrogens with zero attached hydrogens (tertiary/aromatic N) is 1. The third-order valence-electron chi connectivity index (χ3n) is 3.97. The first-order valence-electron chi connectivity index (χ1n) is 7.29. The quantitative estimate of drug-likeness (QED) is 0.933. The van der Waals surface area contributed by atoms with Gasteiger partial charge in [-0.2, -0.15) is 0 Å². The average molecular weight is 309 g/mol. The van der Waals surface area contributed by atoms with E-state index in [1.807, 2.05) is 25.1 Å². The zero-order chi connectivity index (χ0) is 15.4. The van der Waals surface area contributed by atoms with Gasteiger partial charge in [-0.1, -0.05) is 17.7 Å². The van der Waals surface area contributed by atoms with E-state index in [0.29, 0.717) is 18.1 Å². The van der Waals surface area contributed by atoms with Crippen LogP contribution in [-0.2, 0) is 16.1 Å². The lowest BCUT2D eigenvalue weighted by Crippen LogP contribution is -2.51. The molecule has 1 saturated heterocycles. The van der Waals surface area contributed by atoms with Gasteiger partial charge in [0.25, 0.3) is 0 Å². The predicted octanol–water partition coefficient (Wildman–Crippen LogP) is 2.67. The first-order valence-corrected chi connectivity index (χ1v) is 7.67. The van der Waals surface area contributed by atoms with Crippen molar-refractivity contribution < 1.29 is 9.59 Å². The number of halogens is 1. The maximum absolute atomic E-state index is 12.3. The van der Waals surface area contributed by atoms with Crippen molar-refractivity contribution in [1.82, 2.24) is 10.2 Å². The van der Waals surface area contributed by atoms with E-state index in [9.17, 15) is 9.59 Å². The first kappa shape index (κ1) is 15.8. The van der Waals surface area contributed by atoms with Crippen LogP contribution in [0.15, 0.2) is 18.2 Å². The number of benzene rings is 1. The van der Waals surface area contributed by atoms with Gasteiger partial charge in [-0.05, 0) is 49.4 Å². The van der Waals surface area contributed by atoms with Crippen LogP contribution in [0.2, 0.25) is 5.02 Å². The summed E-state index contributed by atoms with van der Waals surface area (Å²) in [6, 6.07) is 5.30. The number of hydrogen-bond acceptors (Lipinski definition) is 2. The summed E-state index contributed by atoms with van der Waals surface area (Å²) >= 11 is 5.98. The summed E-state index contributed by atoms with van der Waals surface area (Å²) in [7, 11) is 0. The van der Waals surface area contributed by atoms with Gasteiger partial charge >= 0.3 is 0 Å². The third kappa shape index (κ3) is 3.97. The van der Waals surface area contributed by atoms with Gasteiger partial charge in [0.15, 0.2) is 0 Å². The van der Waals surface area contributed by atoms with Crippen molar-refractivity contribution in [2.75, 3.05) is 6.54 Å². The Bertz CT molecular complexity index is 545. The zero-order valence-corrected chi connectivity index (χ0v) is 13.2. The summed E-state index contributed by atoms with van der Waals surface area (Å²) in [6.45, 7) is 4.62. The Morgan fingerprint density at radius 3 is 2.86 bits per heavy atom. The second-order valence-corrected chi connectivity index (χ2v) is 5.95. The molecule has 2 amide bonds. The van der Waals surface area contributed by atoms with Crippen LogP contribution in [0, 0.1) is 6.92 Å². The van der Waals surface area contributed by atoms with Gasteiger partial charge in [0, 0.05) is 25.0 Å². The molecule has 4 nitrogen and oxygen atoms in total. The SMILES string of the molecule is CC(=O)N1CCCCC1C(=O)NCc1cc(Cl)ccc1C. The van der Waals surface area contributed by atoms with Crippen molar-refractivity contribution in [2.45, 2.75) is 45.7 Å². The molecule has 0 saturated carbocycles. The molecule has 5 heteroatoms. The lowest BCUT2D eigenvalue weighted by Gasteiger charge is -2.34. The molecule has 114 valence electrons. The average Bonchev–Trinajstić information content (AvgIpc) is 2.47. The Labute approximate surface area is 130 Å². The molecule has 0 bridgehead atoms. The molecule has 1 aromatic carbocycles. The summed E-state index contributed by atoms with van der Waals surface area (Å²) in [6.07, 6.45) is 2.69. The largest absolute Gasteiger partial charge is 0.350 e. The standard InChI is InChI=1S/C16H21ClN2O2/c1-11-6-7-14(17)9-13(11)10-18-16(21)15-5-3-4-8-19(15)12(2)20/h6-7,9,15H,3-5,8,10H2,1-2H3,(H,18,21). The summed E-state index contributed by atoms with van der Waals surface area (Å²) < 4.78 is 0. The monoisotopic (exact) mass is 308 g/mol. The van der Waals surface area contributed by atoms with Gasteiger partial charge in [0.1, 0.15) is 6.04 Å². The van der Waals surface area contributed by atoms with Gasteiger partial charge in [-0.15, -0.1) is 0 Å². The van der Waals surface area contributed by atoms with Gasteiger partial charge in [-0.25, -0.2) is 0 Å². The molecule has 1 aliphatic heterocycles. The number of likely N-dealkylation sites (tertiary alicyclic amines) is 1. The van der Waals surface area contributed by atoms with Crippen LogP contribution >= 0.6 is 11.6 Å². The highest BCUT2D eigenvalue weighted by atomic mass is 35.5. The van der Waals surface area contributed by atoms with Crippen molar-refractivity contribution in [3.8, 4) is 0 Å². The highest BCUT2D eigenvalue weighted by molar-refractivity contribution is 6.30. The Morgan fingerprint density at radius 2 is 2.14 bits per heavy atom. The number of rotatable bonds is 3. The Kier molecular flexibility index (Phi) is 5.23. The van der Waals surface area contributed by atoms with Gasteiger partial charge in [0.2, 0.25) is 11.8 Å². The van der Waals surface area contributed by atoms with Crippen LogP contribution in [0.3, 0.4) is 0 Å². The van der Waals surface area contributed by atoms with Crippen molar-refractivity contribution in [3.63, 3.8) is 0 Å². The van der Waals surface area contributed by atoms with E-state index >= 15 is 0 Å². The topological polar surface area (TPSA) is 49.4 Å². The smallest absolute Gasteiger partial charge is 0.243 e. The van der Waals surface area contributed by atoms with E-state index < -0.39 is 0 Å². The van der Waals surface area contributed by atoms with E-state index in [4.69, 9.17) is 11.6 Å². The summed E-state index contributed by atoms with van der Waals surface area (Å²) in [5.41, 5.74) is 2.09. The molecule has 1 fully saturated rings. The lowest BCUT2D eigenvalue weighted by atomic mass is 10.0. The fourth-order valence-corrected chi connectivity index (χ4v) is 2.91. The van der Waals surface area contributed by atoms with E-state index in [-0.39, 0.29) is 17.9 Å². The van der Waals surface area contributed by atoms with Crippen LogP contribution in [-0.4, -0.2) is 29.3 Å². The minimum absolute atomic E-state index is 0.0335. The molecule has 0 aliphatic carbocycles. The normalized spacial score (nSPS) is 18.4. The number of hydrogen-bond donors (Lipinski definition) is 1. The number of piperidine rings is 1. The molecule has 0 spiro atoms. The van der Waals surface area contributed by atoms with Gasteiger partial charge < -0.3 is 10.2 Å². The van der Waals surface area contributed by atoms with Crippen molar-refractivity contribution >= 4 is 23.4 Å². The zero-order valence-electron chi connectivity index (χ0n) is 12.5. The second-order valence-electron chi connectivity index (χ2n) is 5.51. The predicted molar refractivity (Wildman–Crippen MR) is 83.1 cm³/mol. The highest BCUT2D eigenvalue weighted by Gasteiger charge is 2.30. The van der Waals surface area contributed by atoms with Crippen LogP contribution in [0.5, 0.6) is 0 Å². The molecule has 1 N–H and O–H groups in total.